The zero-order valence-corrected chi connectivity index (χ0v) is 17.9. The lowest BCUT2D eigenvalue weighted by Gasteiger charge is -2.16. The molecule has 0 saturated carbocycles. The van der Waals surface area contributed by atoms with Gasteiger partial charge in [-0.2, -0.15) is 0 Å². The van der Waals surface area contributed by atoms with Crippen LogP contribution < -0.4 is 10.2 Å². The summed E-state index contributed by atoms with van der Waals surface area (Å²) in [7, 11) is 0. The molecule has 1 aromatic heterocycles. The van der Waals surface area contributed by atoms with Crippen molar-refractivity contribution in [3.8, 4) is 0 Å². The Bertz CT molecular complexity index is 1300. The van der Waals surface area contributed by atoms with E-state index in [0.717, 1.165) is 34.3 Å². The number of aryl methyl sites for hydroxylation is 1. The third-order valence-corrected chi connectivity index (χ3v) is 5.95. The van der Waals surface area contributed by atoms with Crippen molar-refractivity contribution >= 4 is 34.5 Å². The highest BCUT2D eigenvalue weighted by Gasteiger charge is 2.40. The Morgan fingerprint density at radius 2 is 1.69 bits per heavy atom. The number of carbonyl (C=O) groups excluding carboxylic acids is 2. The van der Waals surface area contributed by atoms with E-state index in [1.54, 1.807) is 4.90 Å². The van der Waals surface area contributed by atoms with Crippen LogP contribution in [0.1, 0.15) is 23.6 Å². The van der Waals surface area contributed by atoms with E-state index >= 15 is 0 Å². The molecule has 160 valence electrons. The maximum atomic E-state index is 13.4. The first-order chi connectivity index (χ1) is 15.6. The number of hydrogen-bond donors (Lipinski definition) is 1. The Balaban J connectivity index is 1.43. The summed E-state index contributed by atoms with van der Waals surface area (Å²) in [5.41, 5.74) is 4.59. The SMILES string of the molecule is Cc1ccccc1NC(=O)C[C@@H]1C(=O)N(CCc2ccccc2)c2nc3ccccc3n21. The summed E-state index contributed by atoms with van der Waals surface area (Å²) in [5, 5.41) is 2.96. The van der Waals surface area contributed by atoms with E-state index < -0.39 is 6.04 Å². The molecule has 0 fully saturated rings. The van der Waals surface area contributed by atoms with Crippen LogP contribution in [0.4, 0.5) is 11.6 Å². The molecule has 4 aromatic rings. The maximum absolute atomic E-state index is 13.4. The van der Waals surface area contributed by atoms with Crippen molar-refractivity contribution in [2.45, 2.75) is 25.8 Å². The molecule has 1 aliphatic rings. The van der Waals surface area contributed by atoms with Crippen LogP contribution in [0.3, 0.4) is 0 Å². The molecule has 6 nitrogen and oxygen atoms in total. The number of para-hydroxylation sites is 3. The lowest BCUT2D eigenvalue weighted by Crippen LogP contribution is -2.33. The number of aromatic nitrogens is 2. The molecular formula is C26H24N4O2. The number of carbonyl (C=O) groups is 2. The predicted molar refractivity (Wildman–Crippen MR) is 126 cm³/mol. The molecule has 0 saturated heterocycles. The topological polar surface area (TPSA) is 67.2 Å². The second-order valence-electron chi connectivity index (χ2n) is 8.08. The average Bonchev–Trinajstić information content (AvgIpc) is 3.29. The first-order valence-corrected chi connectivity index (χ1v) is 10.8. The summed E-state index contributed by atoms with van der Waals surface area (Å²) in [4.78, 5) is 32.8. The molecule has 0 radical (unpaired) electrons. The molecule has 0 bridgehead atoms. The van der Waals surface area contributed by atoms with Crippen molar-refractivity contribution in [1.82, 2.24) is 9.55 Å². The van der Waals surface area contributed by atoms with Crippen LogP contribution in [0.25, 0.3) is 11.0 Å². The van der Waals surface area contributed by atoms with Crippen molar-refractivity contribution in [3.63, 3.8) is 0 Å². The van der Waals surface area contributed by atoms with E-state index in [2.05, 4.69) is 17.4 Å². The fourth-order valence-corrected chi connectivity index (χ4v) is 4.28. The van der Waals surface area contributed by atoms with Crippen LogP contribution in [0.5, 0.6) is 0 Å². The third kappa shape index (κ3) is 3.64. The summed E-state index contributed by atoms with van der Waals surface area (Å²) in [6.07, 6.45) is 0.778. The first-order valence-electron chi connectivity index (χ1n) is 10.8. The number of anilines is 2. The molecule has 0 unspecified atom stereocenters. The minimum Gasteiger partial charge on any atom is -0.326 e. The van der Waals surface area contributed by atoms with Crippen molar-refractivity contribution in [3.05, 3.63) is 90.0 Å². The van der Waals surface area contributed by atoms with Gasteiger partial charge in [-0.3, -0.25) is 19.1 Å². The number of hydrogen-bond acceptors (Lipinski definition) is 3. The van der Waals surface area contributed by atoms with Crippen molar-refractivity contribution < 1.29 is 9.59 Å². The number of rotatable bonds is 6. The monoisotopic (exact) mass is 424 g/mol. The fraction of sp³-hybridized carbons (Fsp3) is 0.192. The van der Waals surface area contributed by atoms with Gasteiger partial charge >= 0.3 is 0 Å². The van der Waals surface area contributed by atoms with E-state index in [1.165, 1.54) is 0 Å². The average molecular weight is 425 g/mol. The van der Waals surface area contributed by atoms with E-state index in [0.29, 0.717) is 12.5 Å². The highest BCUT2D eigenvalue weighted by Crippen LogP contribution is 2.36. The van der Waals surface area contributed by atoms with E-state index in [9.17, 15) is 9.59 Å². The Morgan fingerprint density at radius 3 is 2.50 bits per heavy atom. The van der Waals surface area contributed by atoms with Crippen LogP contribution in [-0.2, 0) is 16.0 Å². The van der Waals surface area contributed by atoms with Crippen LogP contribution in [0.2, 0.25) is 0 Å². The van der Waals surface area contributed by atoms with Gasteiger partial charge in [0.2, 0.25) is 11.9 Å². The number of imidazole rings is 1. The zero-order valence-electron chi connectivity index (χ0n) is 17.9. The Labute approximate surface area is 186 Å². The number of fused-ring (bicyclic) bond motifs is 3. The second kappa shape index (κ2) is 8.30. The van der Waals surface area contributed by atoms with Gasteiger partial charge in [-0.05, 0) is 42.7 Å². The number of nitrogens with one attached hydrogen (secondary N) is 1. The highest BCUT2D eigenvalue weighted by atomic mass is 16.2. The summed E-state index contributed by atoms with van der Waals surface area (Å²) in [6, 6.07) is 24.8. The number of nitrogens with zero attached hydrogens (tertiary/aromatic N) is 3. The summed E-state index contributed by atoms with van der Waals surface area (Å²) < 4.78 is 1.92. The van der Waals surface area contributed by atoms with Crippen molar-refractivity contribution in [2.75, 3.05) is 16.8 Å². The predicted octanol–water partition coefficient (Wildman–Crippen LogP) is 4.50. The van der Waals surface area contributed by atoms with Crippen molar-refractivity contribution in [2.24, 2.45) is 0 Å². The number of amides is 2. The van der Waals surface area contributed by atoms with Gasteiger partial charge < -0.3 is 5.32 Å². The largest absolute Gasteiger partial charge is 0.326 e. The molecule has 5 rings (SSSR count). The van der Waals surface area contributed by atoms with Crippen LogP contribution in [0, 0.1) is 6.92 Å². The van der Waals surface area contributed by atoms with E-state index in [1.807, 2.05) is 78.2 Å². The smallest absolute Gasteiger partial charge is 0.253 e. The zero-order chi connectivity index (χ0) is 22.1. The van der Waals surface area contributed by atoms with E-state index in [4.69, 9.17) is 4.98 Å². The van der Waals surface area contributed by atoms with Gasteiger partial charge in [0.15, 0.2) is 0 Å². The Morgan fingerprint density at radius 1 is 0.969 bits per heavy atom. The van der Waals surface area contributed by atoms with Crippen LogP contribution >= 0.6 is 0 Å². The van der Waals surface area contributed by atoms with Crippen molar-refractivity contribution in [1.29, 1.82) is 0 Å². The molecule has 32 heavy (non-hydrogen) atoms. The van der Waals surface area contributed by atoms with Crippen LogP contribution in [-0.4, -0.2) is 27.9 Å². The second-order valence-corrected chi connectivity index (χ2v) is 8.08. The summed E-state index contributed by atoms with van der Waals surface area (Å²) in [6.45, 7) is 2.46. The number of benzene rings is 3. The molecule has 0 spiro atoms. The van der Waals surface area contributed by atoms with E-state index in [-0.39, 0.29) is 18.2 Å². The standard InChI is InChI=1S/C26H24N4O2/c1-18-9-5-6-12-20(18)27-24(31)17-23-25(32)29(16-15-19-10-3-2-4-11-19)26-28-21-13-7-8-14-22(21)30(23)26/h2-14,23H,15-17H2,1H3,(H,27,31)/t23-/m1/s1. The molecule has 2 amide bonds. The molecular weight excluding hydrogens is 400 g/mol. The highest BCUT2D eigenvalue weighted by molar-refractivity contribution is 6.05. The molecule has 1 aliphatic heterocycles. The summed E-state index contributed by atoms with van der Waals surface area (Å²) >= 11 is 0. The minimum atomic E-state index is -0.614. The normalized spacial score (nSPS) is 15.2. The fourth-order valence-electron chi connectivity index (χ4n) is 4.28. The molecule has 1 atom stereocenters. The first kappa shape index (κ1) is 20.0. The van der Waals surface area contributed by atoms with Gasteiger partial charge in [0.05, 0.1) is 17.5 Å². The lowest BCUT2D eigenvalue weighted by molar-refractivity contribution is -0.124. The lowest BCUT2D eigenvalue weighted by atomic mass is 10.1. The van der Waals surface area contributed by atoms with Crippen LogP contribution in [0.15, 0.2) is 78.9 Å². The van der Waals surface area contributed by atoms with Gasteiger partial charge in [0.1, 0.15) is 6.04 Å². The molecule has 3 aromatic carbocycles. The molecule has 1 N–H and O–H groups in total. The van der Waals surface area contributed by atoms with Gasteiger partial charge in [-0.1, -0.05) is 60.7 Å². The Hall–Kier alpha value is -3.93. The van der Waals surface area contributed by atoms with Gasteiger partial charge in [-0.15, -0.1) is 0 Å². The molecule has 2 heterocycles. The third-order valence-electron chi connectivity index (χ3n) is 5.95. The maximum Gasteiger partial charge on any atom is 0.253 e. The van der Waals surface area contributed by atoms with Gasteiger partial charge in [0, 0.05) is 12.2 Å². The summed E-state index contributed by atoms with van der Waals surface area (Å²) in [5.74, 6) is 0.334. The van der Waals surface area contributed by atoms with Gasteiger partial charge in [-0.25, -0.2) is 4.98 Å². The minimum absolute atomic E-state index is 0.0579. The molecule has 6 heteroatoms. The van der Waals surface area contributed by atoms with Gasteiger partial charge in [0.25, 0.3) is 5.91 Å². The molecule has 0 aliphatic carbocycles. The quantitative estimate of drug-likeness (QED) is 0.495. The Kier molecular flexibility index (Phi) is 5.19.